The van der Waals surface area contributed by atoms with Crippen LogP contribution in [0.4, 0.5) is 17.1 Å². The molecule has 0 N–H and O–H groups in total. The van der Waals surface area contributed by atoms with Crippen LogP contribution in [0.3, 0.4) is 0 Å². The molecular formula is C41H28N2O. The van der Waals surface area contributed by atoms with Crippen LogP contribution in [-0.4, -0.2) is 4.98 Å². The Morgan fingerprint density at radius 1 is 0.386 bits per heavy atom. The Bertz CT molecular complexity index is 2100. The van der Waals surface area contributed by atoms with Crippen LogP contribution in [0.5, 0.6) is 0 Å². The molecule has 0 aliphatic heterocycles. The van der Waals surface area contributed by atoms with Crippen molar-refractivity contribution in [2.45, 2.75) is 0 Å². The lowest BCUT2D eigenvalue weighted by molar-refractivity contribution is 0.667. The molecule has 0 bridgehead atoms. The van der Waals surface area contributed by atoms with Crippen LogP contribution in [-0.2, 0) is 0 Å². The third-order valence-corrected chi connectivity index (χ3v) is 8.19. The van der Waals surface area contributed by atoms with Gasteiger partial charge in [0.05, 0.1) is 6.20 Å². The van der Waals surface area contributed by atoms with E-state index in [9.17, 15) is 0 Å². The monoisotopic (exact) mass is 564 g/mol. The van der Waals surface area contributed by atoms with Gasteiger partial charge in [-0.25, -0.2) is 0 Å². The maximum Gasteiger partial charge on any atom is 0.154 e. The molecular weight excluding hydrogens is 536 g/mol. The van der Waals surface area contributed by atoms with Crippen molar-refractivity contribution in [2.75, 3.05) is 4.90 Å². The average Bonchev–Trinajstić information content (AvgIpc) is 3.49. The van der Waals surface area contributed by atoms with E-state index in [4.69, 9.17) is 4.42 Å². The van der Waals surface area contributed by atoms with E-state index in [0.717, 1.165) is 50.1 Å². The number of fused-ring (bicyclic) bond motifs is 3. The van der Waals surface area contributed by atoms with Crippen molar-refractivity contribution in [2.24, 2.45) is 0 Å². The van der Waals surface area contributed by atoms with Crippen LogP contribution in [0.25, 0.3) is 55.3 Å². The number of hydrogen-bond donors (Lipinski definition) is 0. The molecule has 3 nitrogen and oxygen atoms in total. The highest BCUT2D eigenvalue weighted by Crippen LogP contribution is 2.40. The van der Waals surface area contributed by atoms with Gasteiger partial charge in [0.25, 0.3) is 0 Å². The highest BCUT2D eigenvalue weighted by Gasteiger charge is 2.16. The summed E-state index contributed by atoms with van der Waals surface area (Å²) in [5.41, 5.74) is 11.9. The lowest BCUT2D eigenvalue weighted by Crippen LogP contribution is -2.09. The van der Waals surface area contributed by atoms with E-state index in [0.29, 0.717) is 0 Å². The summed E-state index contributed by atoms with van der Waals surface area (Å²) in [7, 11) is 0. The second-order valence-corrected chi connectivity index (χ2v) is 10.9. The molecule has 6 aromatic carbocycles. The molecule has 0 saturated heterocycles. The first-order chi connectivity index (χ1) is 21.8. The van der Waals surface area contributed by atoms with Crippen LogP contribution in [0.1, 0.15) is 0 Å². The van der Waals surface area contributed by atoms with Gasteiger partial charge in [-0.3, -0.25) is 4.98 Å². The summed E-state index contributed by atoms with van der Waals surface area (Å²) >= 11 is 0. The molecule has 0 aliphatic rings. The molecule has 2 heterocycles. The SMILES string of the molecule is c1ccc(-c2ccc(N(c3ccc(-c4ccccc4)cc3)c3ccc(-c4cncc5oc6ccccc6c45)cc3)cc2)cc1. The first kappa shape index (κ1) is 25.8. The van der Waals surface area contributed by atoms with Crippen molar-refractivity contribution in [3.8, 4) is 33.4 Å². The Morgan fingerprint density at radius 3 is 1.39 bits per heavy atom. The minimum absolute atomic E-state index is 0.798. The molecule has 3 heteroatoms. The second-order valence-electron chi connectivity index (χ2n) is 10.9. The molecule has 44 heavy (non-hydrogen) atoms. The fourth-order valence-electron chi connectivity index (χ4n) is 6.00. The molecule has 8 rings (SSSR count). The first-order valence-corrected chi connectivity index (χ1v) is 14.8. The van der Waals surface area contributed by atoms with Crippen molar-refractivity contribution >= 4 is 39.0 Å². The van der Waals surface area contributed by atoms with Gasteiger partial charge in [0, 0.05) is 39.6 Å². The van der Waals surface area contributed by atoms with E-state index in [1.54, 1.807) is 6.20 Å². The molecule has 0 amide bonds. The fourth-order valence-corrected chi connectivity index (χ4v) is 6.00. The largest absolute Gasteiger partial charge is 0.454 e. The summed E-state index contributed by atoms with van der Waals surface area (Å²) in [5, 5.41) is 2.19. The molecule has 0 fully saturated rings. The van der Waals surface area contributed by atoms with Crippen molar-refractivity contribution < 1.29 is 4.42 Å². The maximum atomic E-state index is 6.10. The number of rotatable bonds is 6. The van der Waals surface area contributed by atoms with Crippen molar-refractivity contribution in [3.63, 3.8) is 0 Å². The van der Waals surface area contributed by atoms with Gasteiger partial charge in [0.1, 0.15) is 5.58 Å². The van der Waals surface area contributed by atoms with Crippen molar-refractivity contribution in [1.82, 2.24) is 4.98 Å². The molecule has 208 valence electrons. The highest BCUT2D eigenvalue weighted by atomic mass is 16.3. The topological polar surface area (TPSA) is 29.3 Å². The van der Waals surface area contributed by atoms with E-state index in [-0.39, 0.29) is 0 Å². The molecule has 0 radical (unpaired) electrons. The lowest BCUT2D eigenvalue weighted by Gasteiger charge is -2.26. The van der Waals surface area contributed by atoms with Crippen molar-refractivity contribution in [3.05, 3.63) is 170 Å². The number of furan rings is 1. The normalized spacial score (nSPS) is 11.2. The molecule has 0 aliphatic carbocycles. The summed E-state index contributed by atoms with van der Waals surface area (Å²) in [6.45, 7) is 0. The van der Waals surface area contributed by atoms with E-state index in [2.05, 4.69) is 143 Å². The Kier molecular flexibility index (Phi) is 6.47. The number of aromatic nitrogens is 1. The number of anilines is 3. The zero-order valence-corrected chi connectivity index (χ0v) is 24.0. The van der Waals surface area contributed by atoms with E-state index >= 15 is 0 Å². The van der Waals surface area contributed by atoms with Gasteiger partial charge < -0.3 is 9.32 Å². The van der Waals surface area contributed by atoms with Crippen molar-refractivity contribution in [1.29, 1.82) is 0 Å². The maximum absolute atomic E-state index is 6.10. The lowest BCUT2D eigenvalue weighted by atomic mass is 10.0. The summed E-state index contributed by atoms with van der Waals surface area (Å²) in [4.78, 5) is 6.80. The van der Waals surface area contributed by atoms with Crippen LogP contribution in [0.15, 0.2) is 175 Å². The van der Waals surface area contributed by atoms with Crippen LogP contribution in [0, 0.1) is 0 Å². The third-order valence-electron chi connectivity index (χ3n) is 8.19. The second kappa shape index (κ2) is 11.0. The van der Waals surface area contributed by atoms with E-state index < -0.39 is 0 Å². The van der Waals surface area contributed by atoms with Gasteiger partial charge in [-0.2, -0.15) is 0 Å². The van der Waals surface area contributed by atoms with E-state index in [1.165, 1.54) is 22.3 Å². The van der Waals surface area contributed by atoms with Gasteiger partial charge in [0.15, 0.2) is 5.58 Å². The molecule has 2 aromatic heterocycles. The fraction of sp³-hybridized carbons (Fsp3) is 0. The van der Waals surface area contributed by atoms with E-state index in [1.807, 2.05) is 30.5 Å². The summed E-state index contributed by atoms with van der Waals surface area (Å²) in [5.74, 6) is 0. The number of pyridine rings is 1. The Balaban J connectivity index is 1.20. The number of benzene rings is 6. The molecule has 0 spiro atoms. The predicted octanol–water partition coefficient (Wildman–Crippen LogP) is 11.5. The number of para-hydroxylation sites is 1. The summed E-state index contributed by atoms with van der Waals surface area (Å²) < 4.78 is 6.10. The third kappa shape index (κ3) is 4.71. The first-order valence-electron chi connectivity index (χ1n) is 14.8. The Hall–Kier alpha value is -5.93. The minimum Gasteiger partial charge on any atom is -0.454 e. The van der Waals surface area contributed by atoms with Gasteiger partial charge in [0.2, 0.25) is 0 Å². The summed E-state index contributed by atoms with van der Waals surface area (Å²) in [6.07, 6.45) is 3.73. The van der Waals surface area contributed by atoms with Crippen LogP contribution >= 0.6 is 0 Å². The van der Waals surface area contributed by atoms with Crippen LogP contribution < -0.4 is 4.90 Å². The van der Waals surface area contributed by atoms with Gasteiger partial charge in [-0.05, 0) is 70.3 Å². The smallest absolute Gasteiger partial charge is 0.154 e. The molecule has 0 unspecified atom stereocenters. The zero-order chi connectivity index (χ0) is 29.3. The standard InChI is InChI=1S/C41H28N2O/c1-3-9-29(10-4-1)31-15-21-34(22-16-31)43(35-23-17-32(18-24-35)30-11-5-2-6-12-30)36-25-19-33(20-26-36)38-27-42-28-40-41(38)37-13-7-8-14-39(37)44-40/h1-28H. The number of nitrogens with zero attached hydrogens (tertiary/aromatic N) is 2. The molecule has 8 aromatic rings. The Labute approximate surface area is 256 Å². The summed E-state index contributed by atoms with van der Waals surface area (Å²) in [6, 6.07) is 55.5. The number of hydrogen-bond acceptors (Lipinski definition) is 3. The van der Waals surface area contributed by atoms with Gasteiger partial charge in [-0.15, -0.1) is 0 Å². The van der Waals surface area contributed by atoms with Crippen LogP contribution in [0.2, 0.25) is 0 Å². The molecule has 0 atom stereocenters. The quantitative estimate of drug-likeness (QED) is 0.201. The zero-order valence-electron chi connectivity index (χ0n) is 24.0. The van der Waals surface area contributed by atoms with Gasteiger partial charge in [-0.1, -0.05) is 115 Å². The highest BCUT2D eigenvalue weighted by molar-refractivity contribution is 6.12. The van der Waals surface area contributed by atoms with Gasteiger partial charge >= 0.3 is 0 Å². The average molecular weight is 565 g/mol. The molecule has 0 saturated carbocycles. The predicted molar refractivity (Wildman–Crippen MR) is 183 cm³/mol. The minimum atomic E-state index is 0.798. The Morgan fingerprint density at radius 2 is 0.841 bits per heavy atom.